The third-order valence-electron chi connectivity index (χ3n) is 2.06. The van der Waals surface area contributed by atoms with E-state index in [1.165, 1.54) is 0 Å². The smallest absolute Gasteiger partial charge is 0.200 e. The molecule has 0 radical (unpaired) electrons. The average Bonchev–Trinajstić information content (AvgIpc) is 2.48. The zero-order valence-electron chi connectivity index (χ0n) is 7.74. The Morgan fingerprint density at radius 3 is 2.64 bits per heavy atom. The molecule has 0 saturated heterocycles. The van der Waals surface area contributed by atoms with Crippen LogP contribution in [0, 0.1) is 0 Å². The van der Waals surface area contributed by atoms with Crippen LogP contribution in [-0.2, 0) is 7.05 Å². The lowest BCUT2D eigenvalue weighted by Gasteiger charge is -1.98. The lowest BCUT2D eigenvalue weighted by Crippen LogP contribution is -1.94. The molecule has 2 rings (SSSR count). The Morgan fingerprint density at radius 1 is 1.36 bits per heavy atom. The SMILES string of the molecule is Cn1cc(-c2ccccc2Br)nc1N. The van der Waals surface area contributed by atoms with Gasteiger partial charge in [-0.3, -0.25) is 0 Å². The highest BCUT2D eigenvalue weighted by Gasteiger charge is 2.06. The molecule has 1 heterocycles. The molecule has 0 saturated carbocycles. The monoisotopic (exact) mass is 251 g/mol. The lowest BCUT2D eigenvalue weighted by atomic mass is 10.2. The molecule has 2 aromatic rings. The summed E-state index contributed by atoms with van der Waals surface area (Å²) in [6, 6.07) is 7.94. The van der Waals surface area contributed by atoms with E-state index in [0.717, 1.165) is 15.7 Å². The predicted octanol–water partition coefficient (Wildman–Crippen LogP) is 2.43. The van der Waals surface area contributed by atoms with E-state index >= 15 is 0 Å². The van der Waals surface area contributed by atoms with Crippen molar-refractivity contribution in [2.45, 2.75) is 0 Å². The van der Waals surface area contributed by atoms with Gasteiger partial charge in [-0.2, -0.15) is 0 Å². The van der Waals surface area contributed by atoms with Crippen LogP contribution < -0.4 is 5.73 Å². The van der Waals surface area contributed by atoms with Gasteiger partial charge < -0.3 is 10.3 Å². The highest BCUT2D eigenvalue weighted by Crippen LogP contribution is 2.27. The van der Waals surface area contributed by atoms with E-state index in [9.17, 15) is 0 Å². The highest BCUT2D eigenvalue weighted by atomic mass is 79.9. The van der Waals surface area contributed by atoms with Gasteiger partial charge in [-0.15, -0.1) is 0 Å². The molecule has 0 unspecified atom stereocenters. The van der Waals surface area contributed by atoms with Crippen LogP contribution >= 0.6 is 15.9 Å². The first-order valence-corrected chi connectivity index (χ1v) is 5.01. The first-order valence-electron chi connectivity index (χ1n) is 4.22. The normalized spacial score (nSPS) is 10.4. The second-order valence-corrected chi connectivity index (χ2v) is 3.93. The molecule has 0 amide bonds. The average molecular weight is 252 g/mol. The van der Waals surface area contributed by atoms with Crippen molar-refractivity contribution < 1.29 is 0 Å². The van der Waals surface area contributed by atoms with Crippen LogP contribution in [0.1, 0.15) is 0 Å². The molecule has 2 N–H and O–H groups in total. The fourth-order valence-corrected chi connectivity index (χ4v) is 1.77. The summed E-state index contributed by atoms with van der Waals surface area (Å²) in [7, 11) is 1.88. The van der Waals surface area contributed by atoms with Crippen molar-refractivity contribution in [1.29, 1.82) is 0 Å². The number of benzene rings is 1. The Hall–Kier alpha value is -1.29. The van der Waals surface area contributed by atoms with Gasteiger partial charge in [0, 0.05) is 23.3 Å². The van der Waals surface area contributed by atoms with Gasteiger partial charge in [-0.1, -0.05) is 34.1 Å². The molecule has 14 heavy (non-hydrogen) atoms. The summed E-state index contributed by atoms with van der Waals surface area (Å²) in [5.74, 6) is 0.524. The molecular weight excluding hydrogens is 242 g/mol. The van der Waals surface area contributed by atoms with E-state index in [0.29, 0.717) is 5.95 Å². The third-order valence-corrected chi connectivity index (χ3v) is 2.75. The number of imidazole rings is 1. The molecule has 4 heteroatoms. The van der Waals surface area contributed by atoms with Crippen LogP contribution in [0.2, 0.25) is 0 Å². The van der Waals surface area contributed by atoms with Crippen molar-refractivity contribution in [3.8, 4) is 11.3 Å². The number of anilines is 1. The summed E-state index contributed by atoms with van der Waals surface area (Å²) in [5.41, 5.74) is 7.61. The van der Waals surface area contributed by atoms with Crippen molar-refractivity contribution >= 4 is 21.9 Å². The Kier molecular flexibility index (Phi) is 2.29. The number of nitrogens with two attached hydrogens (primary N) is 1. The standard InChI is InChI=1S/C10H10BrN3/c1-14-6-9(13-10(14)12)7-4-2-3-5-8(7)11/h2-6H,1H3,(H2,12,13). The summed E-state index contributed by atoms with van der Waals surface area (Å²) in [6.07, 6.45) is 1.91. The van der Waals surface area contributed by atoms with Gasteiger partial charge >= 0.3 is 0 Å². The quantitative estimate of drug-likeness (QED) is 0.847. The molecular formula is C10H10BrN3. The second-order valence-electron chi connectivity index (χ2n) is 3.08. The number of nitrogens with zero attached hydrogens (tertiary/aromatic N) is 2. The molecule has 1 aromatic heterocycles. The molecule has 0 atom stereocenters. The maximum absolute atomic E-state index is 5.66. The largest absolute Gasteiger partial charge is 0.369 e. The van der Waals surface area contributed by atoms with E-state index in [1.807, 2.05) is 37.5 Å². The molecule has 72 valence electrons. The highest BCUT2D eigenvalue weighted by molar-refractivity contribution is 9.10. The number of hydrogen-bond donors (Lipinski definition) is 1. The molecule has 0 fully saturated rings. The maximum Gasteiger partial charge on any atom is 0.200 e. The minimum absolute atomic E-state index is 0.524. The molecule has 0 aliphatic carbocycles. The fraction of sp³-hybridized carbons (Fsp3) is 0.100. The lowest BCUT2D eigenvalue weighted by molar-refractivity contribution is 0.930. The molecule has 0 spiro atoms. The Morgan fingerprint density at radius 2 is 2.07 bits per heavy atom. The van der Waals surface area contributed by atoms with Gasteiger partial charge in [0.25, 0.3) is 0 Å². The zero-order chi connectivity index (χ0) is 10.1. The first kappa shape index (κ1) is 9.27. The topological polar surface area (TPSA) is 43.8 Å². The van der Waals surface area contributed by atoms with E-state index in [2.05, 4.69) is 20.9 Å². The second kappa shape index (κ2) is 3.46. The van der Waals surface area contributed by atoms with Crippen molar-refractivity contribution in [2.75, 3.05) is 5.73 Å². The van der Waals surface area contributed by atoms with Crippen LogP contribution in [0.25, 0.3) is 11.3 Å². The van der Waals surface area contributed by atoms with Gasteiger partial charge in [0.05, 0.1) is 5.69 Å². The van der Waals surface area contributed by atoms with Gasteiger partial charge in [0.2, 0.25) is 0 Å². The summed E-state index contributed by atoms with van der Waals surface area (Å²) >= 11 is 3.48. The number of halogens is 1. The summed E-state index contributed by atoms with van der Waals surface area (Å²) in [6.45, 7) is 0. The van der Waals surface area contributed by atoms with Gasteiger partial charge in [0.1, 0.15) is 0 Å². The zero-order valence-corrected chi connectivity index (χ0v) is 9.32. The maximum atomic E-state index is 5.66. The predicted molar refractivity (Wildman–Crippen MR) is 60.8 cm³/mol. The van der Waals surface area contributed by atoms with Crippen LogP contribution in [0.3, 0.4) is 0 Å². The Labute approximate surface area is 90.7 Å². The minimum Gasteiger partial charge on any atom is -0.369 e. The number of aryl methyl sites for hydroxylation is 1. The van der Waals surface area contributed by atoms with Crippen LogP contribution in [0.4, 0.5) is 5.95 Å². The van der Waals surface area contributed by atoms with Crippen LogP contribution in [0.15, 0.2) is 34.9 Å². The summed E-state index contributed by atoms with van der Waals surface area (Å²) in [5, 5.41) is 0. The molecule has 0 aliphatic rings. The van der Waals surface area contributed by atoms with Crippen molar-refractivity contribution in [3.05, 3.63) is 34.9 Å². The van der Waals surface area contributed by atoms with Gasteiger partial charge in [-0.25, -0.2) is 4.98 Å². The van der Waals surface area contributed by atoms with E-state index < -0.39 is 0 Å². The Bertz CT molecular complexity index is 443. The van der Waals surface area contributed by atoms with Crippen LogP contribution in [0.5, 0.6) is 0 Å². The third kappa shape index (κ3) is 1.53. The van der Waals surface area contributed by atoms with Gasteiger partial charge in [-0.05, 0) is 6.07 Å². The summed E-state index contributed by atoms with van der Waals surface area (Å²) in [4.78, 5) is 4.25. The number of nitrogen functional groups attached to an aromatic ring is 1. The first-order chi connectivity index (χ1) is 6.68. The summed E-state index contributed by atoms with van der Waals surface area (Å²) < 4.78 is 2.83. The fourth-order valence-electron chi connectivity index (χ4n) is 1.28. The van der Waals surface area contributed by atoms with Crippen molar-refractivity contribution in [3.63, 3.8) is 0 Å². The number of rotatable bonds is 1. The minimum atomic E-state index is 0.524. The van der Waals surface area contributed by atoms with E-state index in [-0.39, 0.29) is 0 Å². The van der Waals surface area contributed by atoms with Crippen molar-refractivity contribution in [2.24, 2.45) is 7.05 Å². The molecule has 1 aromatic carbocycles. The van der Waals surface area contributed by atoms with Crippen molar-refractivity contribution in [1.82, 2.24) is 9.55 Å². The molecule has 0 bridgehead atoms. The molecule has 3 nitrogen and oxygen atoms in total. The Balaban J connectivity index is 2.55. The van der Waals surface area contributed by atoms with Gasteiger partial charge in [0.15, 0.2) is 5.95 Å². The number of hydrogen-bond acceptors (Lipinski definition) is 2. The molecule has 0 aliphatic heterocycles. The van der Waals surface area contributed by atoms with E-state index in [1.54, 1.807) is 4.57 Å². The number of aromatic nitrogens is 2. The van der Waals surface area contributed by atoms with E-state index in [4.69, 9.17) is 5.73 Å². The van der Waals surface area contributed by atoms with Crippen LogP contribution in [-0.4, -0.2) is 9.55 Å².